The number of epoxide rings is 1. The van der Waals surface area contributed by atoms with Crippen molar-refractivity contribution in [3.8, 4) is 0 Å². The van der Waals surface area contributed by atoms with Crippen LogP contribution >= 0.6 is 0 Å². The van der Waals surface area contributed by atoms with E-state index < -0.39 is 0 Å². The molecule has 0 spiro atoms. The molecule has 0 aromatic rings. The second-order valence-electron chi connectivity index (χ2n) is 5.92. The summed E-state index contributed by atoms with van der Waals surface area (Å²) in [6.45, 7) is 2.16. The van der Waals surface area contributed by atoms with Crippen LogP contribution in [0.4, 0.5) is 0 Å². The molecule has 0 aromatic carbocycles. The van der Waals surface area contributed by atoms with Crippen molar-refractivity contribution < 1.29 is 14.3 Å². The molecule has 2 unspecified atom stereocenters. The molecule has 0 N–H and O–H groups in total. The quantitative estimate of drug-likeness (QED) is 0.159. The van der Waals surface area contributed by atoms with Gasteiger partial charge in [0, 0.05) is 6.42 Å². The van der Waals surface area contributed by atoms with Crippen LogP contribution < -0.4 is 0 Å². The lowest BCUT2D eigenvalue weighted by molar-refractivity contribution is -0.140. The maximum Gasteiger partial charge on any atom is 0.305 e. The van der Waals surface area contributed by atoms with Gasteiger partial charge in [0.1, 0.15) is 0 Å². The van der Waals surface area contributed by atoms with E-state index in [4.69, 9.17) is 4.74 Å². The Morgan fingerprint density at radius 1 is 0.955 bits per heavy atom. The third kappa shape index (κ3) is 9.78. The lowest BCUT2D eigenvalue weighted by atomic mass is 10.1. The summed E-state index contributed by atoms with van der Waals surface area (Å²) in [7, 11) is 1.45. The highest BCUT2D eigenvalue weighted by molar-refractivity contribution is 5.68. The van der Waals surface area contributed by atoms with Crippen LogP contribution in [0.3, 0.4) is 0 Å². The van der Waals surface area contributed by atoms with Crippen LogP contribution in [-0.4, -0.2) is 25.3 Å². The van der Waals surface area contributed by atoms with E-state index in [2.05, 4.69) is 36.0 Å². The number of allylic oxidation sites excluding steroid dienone is 2. The molecule has 1 aliphatic rings. The Balaban J connectivity index is 1.83. The van der Waals surface area contributed by atoms with E-state index in [9.17, 15) is 4.79 Å². The molecule has 0 aromatic heterocycles. The first-order valence-corrected chi connectivity index (χ1v) is 8.80. The topological polar surface area (TPSA) is 38.8 Å². The van der Waals surface area contributed by atoms with Crippen molar-refractivity contribution in [2.24, 2.45) is 0 Å². The number of hydrogen-bond acceptors (Lipinski definition) is 3. The van der Waals surface area contributed by atoms with Crippen molar-refractivity contribution in [2.75, 3.05) is 7.11 Å². The summed E-state index contributed by atoms with van der Waals surface area (Å²) in [6, 6.07) is 0. The summed E-state index contributed by atoms with van der Waals surface area (Å²) in [5, 5.41) is 0. The second kappa shape index (κ2) is 12.5. The zero-order chi connectivity index (χ0) is 16.0. The summed E-state index contributed by atoms with van der Waals surface area (Å²) >= 11 is 0. The molecule has 1 heterocycles. The molecule has 1 aliphatic heterocycles. The van der Waals surface area contributed by atoms with Gasteiger partial charge in [-0.2, -0.15) is 0 Å². The van der Waals surface area contributed by atoms with Gasteiger partial charge in [-0.3, -0.25) is 4.79 Å². The lowest BCUT2D eigenvalue weighted by Gasteiger charge is -2.00. The van der Waals surface area contributed by atoms with E-state index in [-0.39, 0.29) is 5.97 Å². The van der Waals surface area contributed by atoms with Gasteiger partial charge in [0.2, 0.25) is 0 Å². The largest absolute Gasteiger partial charge is 0.469 e. The number of unbranched alkanes of at least 4 members (excludes halogenated alkanes) is 5. The van der Waals surface area contributed by atoms with Gasteiger partial charge in [-0.05, 0) is 38.5 Å². The SMILES string of the molecule is CC/C=C\CC1[18O]C1C/C=C\CCCCCCCC(=O)OC. The number of carbonyl (C=O) groups excluding carboxylic acids is 1. The van der Waals surface area contributed by atoms with Crippen LogP contribution in [0, 0.1) is 0 Å². The van der Waals surface area contributed by atoms with E-state index >= 15 is 0 Å². The first-order chi connectivity index (χ1) is 10.8. The van der Waals surface area contributed by atoms with Gasteiger partial charge in [0.25, 0.3) is 0 Å². The summed E-state index contributed by atoms with van der Waals surface area (Å²) in [4.78, 5) is 10.9. The summed E-state index contributed by atoms with van der Waals surface area (Å²) in [5.41, 5.74) is 0. The molecular weight excluding hydrogens is 278 g/mol. The number of methoxy groups -OCH3 is 1. The molecule has 0 radical (unpaired) electrons. The van der Waals surface area contributed by atoms with Crippen LogP contribution in [0.5, 0.6) is 0 Å². The molecule has 1 rings (SSSR count). The minimum Gasteiger partial charge on any atom is -0.469 e. The fourth-order valence-electron chi connectivity index (χ4n) is 2.50. The minimum atomic E-state index is -0.0892. The number of carbonyl (C=O) groups is 1. The molecule has 1 fully saturated rings. The third-order valence-electron chi connectivity index (χ3n) is 3.97. The van der Waals surface area contributed by atoms with Crippen molar-refractivity contribution in [3.05, 3.63) is 24.3 Å². The van der Waals surface area contributed by atoms with Crippen molar-refractivity contribution in [3.63, 3.8) is 0 Å². The van der Waals surface area contributed by atoms with Gasteiger partial charge in [0.05, 0.1) is 19.3 Å². The highest BCUT2D eigenvalue weighted by atomic mass is 18.4. The fourth-order valence-corrected chi connectivity index (χ4v) is 2.50. The average molecular weight is 310 g/mol. The molecule has 0 bridgehead atoms. The van der Waals surface area contributed by atoms with Gasteiger partial charge < -0.3 is 9.47 Å². The van der Waals surface area contributed by atoms with E-state index in [0.29, 0.717) is 18.6 Å². The van der Waals surface area contributed by atoms with Crippen LogP contribution in [-0.2, 0) is 14.3 Å². The maximum atomic E-state index is 10.9. The third-order valence-corrected chi connectivity index (χ3v) is 3.97. The van der Waals surface area contributed by atoms with E-state index in [0.717, 1.165) is 38.5 Å². The lowest BCUT2D eigenvalue weighted by Crippen LogP contribution is -1.99. The second-order valence-corrected chi connectivity index (χ2v) is 5.92. The van der Waals surface area contributed by atoms with E-state index in [1.807, 2.05) is 0 Å². The van der Waals surface area contributed by atoms with Gasteiger partial charge >= 0.3 is 5.97 Å². The molecule has 22 heavy (non-hydrogen) atoms. The molecular formula is C19H32O3. The smallest absolute Gasteiger partial charge is 0.305 e. The maximum absolute atomic E-state index is 10.9. The van der Waals surface area contributed by atoms with Gasteiger partial charge in [-0.1, -0.05) is 50.5 Å². The Kier molecular flexibility index (Phi) is 10.7. The summed E-state index contributed by atoms with van der Waals surface area (Å²) in [5.74, 6) is -0.0892. The monoisotopic (exact) mass is 310 g/mol. The minimum absolute atomic E-state index is 0.0892. The Labute approximate surface area is 135 Å². The van der Waals surface area contributed by atoms with E-state index in [1.165, 1.54) is 26.4 Å². The molecule has 3 nitrogen and oxygen atoms in total. The first kappa shape index (κ1) is 19.0. The van der Waals surface area contributed by atoms with Crippen LogP contribution in [0.25, 0.3) is 0 Å². The number of esters is 1. The van der Waals surface area contributed by atoms with Crippen LogP contribution in [0.1, 0.15) is 71.1 Å². The Bertz CT molecular complexity index is 347. The average Bonchev–Trinajstić information content (AvgIpc) is 3.27. The zero-order valence-corrected chi connectivity index (χ0v) is 14.3. The molecule has 0 amide bonds. The van der Waals surface area contributed by atoms with Gasteiger partial charge in [-0.25, -0.2) is 0 Å². The Hall–Kier alpha value is -1.09. The Morgan fingerprint density at radius 2 is 1.59 bits per heavy atom. The number of hydrogen-bond donors (Lipinski definition) is 0. The first-order valence-electron chi connectivity index (χ1n) is 8.80. The standard InChI is InChI=1S/C19H32O3/c1-3-4-11-14-17-18(22-17)15-12-9-7-5-6-8-10-13-16-19(20)21-2/h4,9,11-12,17-18H,3,5-8,10,13-16H2,1-2H3/b11-4-,12-9-/i22+2. The van der Waals surface area contributed by atoms with Gasteiger partial charge in [0.15, 0.2) is 0 Å². The molecule has 0 saturated carbocycles. The fraction of sp³-hybridized carbons (Fsp3) is 0.737. The van der Waals surface area contributed by atoms with Crippen LogP contribution in [0.2, 0.25) is 0 Å². The number of ether oxygens (including phenoxy) is 2. The predicted octanol–water partition coefficient (Wildman–Crippen LogP) is 4.96. The van der Waals surface area contributed by atoms with Crippen molar-refractivity contribution in [1.29, 1.82) is 0 Å². The highest BCUT2D eigenvalue weighted by Gasteiger charge is 2.35. The number of rotatable bonds is 13. The predicted molar refractivity (Wildman–Crippen MR) is 90.8 cm³/mol. The molecule has 3 heteroatoms. The summed E-state index contributed by atoms with van der Waals surface area (Å²) < 4.78 is 10.2. The normalized spacial score (nSPS) is 20.8. The molecule has 0 aliphatic carbocycles. The van der Waals surface area contributed by atoms with Crippen molar-refractivity contribution >= 4 is 5.97 Å². The highest BCUT2D eigenvalue weighted by Crippen LogP contribution is 2.29. The molecule has 126 valence electrons. The molecule has 1 saturated heterocycles. The van der Waals surface area contributed by atoms with E-state index in [1.54, 1.807) is 0 Å². The van der Waals surface area contributed by atoms with Crippen LogP contribution in [0.15, 0.2) is 24.3 Å². The van der Waals surface area contributed by atoms with Crippen molar-refractivity contribution in [2.45, 2.75) is 83.3 Å². The Morgan fingerprint density at radius 3 is 2.27 bits per heavy atom. The van der Waals surface area contributed by atoms with Gasteiger partial charge in [-0.15, -0.1) is 0 Å². The molecule has 2 atom stereocenters. The zero-order valence-electron chi connectivity index (χ0n) is 14.3. The summed E-state index contributed by atoms with van der Waals surface area (Å²) in [6.07, 6.45) is 20.6. The van der Waals surface area contributed by atoms with Crippen molar-refractivity contribution in [1.82, 2.24) is 0 Å².